The topological polar surface area (TPSA) is 63.4 Å². The van der Waals surface area contributed by atoms with Crippen LogP contribution in [0, 0.1) is 5.92 Å². The predicted octanol–water partition coefficient (Wildman–Crippen LogP) is 1.67. The molecule has 0 aromatic carbocycles. The molecule has 1 aromatic rings. The van der Waals surface area contributed by atoms with Crippen molar-refractivity contribution in [2.24, 2.45) is 11.7 Å². The van der Waals surface area contributed by atoms with E-state index in [1.54, 1.807) is 10.4 Å². The van der Waals surface area contributed by atoms with Crippen LogP contribution >= 0.6 is 11.3 Å². The van der Waals surface area contributed by atoms with Gasteiger partial charge in [0.05, 0.1) is 0 Å². The Balaban J connectivity index is 2.21. The van der Waals surface area contributed by atoms with Gasteiger partial charge in [0.15, 0.2) is 0 Å². The fourth-order valence-electron chi connectivity index (χ4n) is 2.16. The van der Waals surface area contributed by atoms with Crippen LogP contribution in [0.4, 0.5) is 0 Å². The van der Waals surface area contributed by atoms with Gasteiger partial charge in [0.2, 0.25) is 0 Å². The zero-order chi connectivity index (χ0) is 13.3. The second kappa shape index (κ2) is 5.28. The highest BCUT2D eigenvalue weighted by Gasteiger charge is 2.32. The second-order valence-corrected chi connectivity index (χ2v) is 8.20. The molecule has 2 unspecified atom stereocenters. The molecular weight excluding hydrogens is 268 g/mol. The van der Waals surface area contributed by atoms with Crippen molar-refractivity contribution in [3.63, 3.8) is 0 Å². The molecule has 6 heteroatoms. The largest absolute Gasteiger partial charge is 0.327 e. The maximum atomic E-state index is 12.5. The molecule has 0 saturated carbocycles. The molecule has 1 saturated heterocycles. The molecule has 1 aromatic heterocycles. The quantitative estimate of drug-likeness (QED) is 0.920. The van der Waals surface area contributed by atoms with E-state index in [0.717, 1.165) is 17.7 Å². The van der Waals surface area contributed by atoms with Crippen LogP contribution in [0.25, 0.3) is 0 Å². The maximum absolute atomic E-state index is 12.5. The molecule has 0 aliphatic carbocycles. The zero-order valence-corrected chi connectivity index (χ0v) is 12.4. The third-order valence-corrected chi connectivity index (χ3v) is 7.08. The fourth-order valence-corrected chi connectivity index (χ4v) is 5.16. The first-order valence-electron chi connectivity index (χ1n) is 6.29. The average Bonchev–Trinajstić information content (AvgIpc) is 2.81. The first-order valence-corrected chi connectivity index (χ1v) is 8.55. The number of nitrogens with two attached hydrogens (primary N) is 1. The molecule has 102 valence electrons. The van der Waals surface area contributed by atoms with Crippen LogP contribution in [0.1, 0.15) is 25.1 Å². The summed E-state index contributed by atoms with van der Waals surface area (Å²) in [5.74, 6) is 0.221. The Hall–Kier alpha value is -0.430. The maximum Gasteiger partial charge on any atom is 0.252 e. The van der Waals surface area contributed by atoms with E-state index < -0.39 is 10.0 Å². The lowest BCUT2D eigenvalue weighted by Crippen LogP contribution is -2.47. The molecule has 4 nitrogen and oxygen atoms in total. The Morgan fingerprint density at radius 1 is 1.50 bits per heavy atom. The summed E-state index contributed by atoms with van der Waals surface area (Å²) in [4.78, 5) is 1.11. The van der Waals surface area contributed by atoms with Crippen LogP contribution in [0.15, 0.2) is 16.3 Å². The van der Waals surface area contributed by atoms with Crippen molar-refractivity contribution < 1.29 is 8.42 Å². The number of hydrogen-bond donors (Lipinski definition) is 1. The third kappa shape index (κ3) is 2.61. The van der Waals surface area contributed by atoms with E-state index in [9.17, 15) is 8.42 Å². The van der Waals surface area contributed by atoms with Crippen molar-refractivity contribution in [1.29, 1.82) is 0 Å². The van der Waals surface area contributed by atoms with E-state index >= 15 is 0 Å². The van der Waals surface area contributed by atoms with Gasteiger partial charge in [-0.05, 0) is 30.9 Å². The van der Waals surface area contributed by atoms with Gasteiger partial charge >= 0.3 is 0 Å². The van der Waals surface area contributed by atoms with Gasteiger partial charge in [-0.15, -0.1) is 11.3 Å². The van der Waals surface area contributed by atoms with E-state index in [-0.39, 0.29) is 12.0 Å². The SMILES string of the molecule is CCc1ccc(S(=O)(=O)N2CCC(N)C(C)C2)s1. The lowest BCUT2D eigenvalue weighted by molar-refractivity contribution is 0.250. The normalized spacial score (nSPS) is 26.4. The molecule has 1 aliphatic rings. The average molecular weight is 288 g/mol. The summed E-state index contributed by atoms with van der Waals surface area (Å²) >= 11 is 1.37. The van der Waals surface area contributed by atoms with Crippen LogP contribution in [0.5, 0.6) is 0 Å². The lowest BCUT2D eigenvalue weighted by atomic mass is 9.96. The molecule has 0 amide bonds. The summed E-state index contributed by atoms with van der Waals surface area (Å²) in [5.41, 5.74) is 5.93. The van der Waals surface area contributed by atoms with Gasteiger partial charge in [0, 0.05) is 24.0 Å². The summed E-state index contributed by atoms with van der Waals surface area (Å²) in [5, 5.41) is 0. The van der Waals surface area contributed by atoms with Crippen LogP contribution in [-0.2, 0) is 16.4 Å². The van der Waals surface area contributed by atoms with Crippen molar-refractivity contribution in [3.8, 4) is 0 Å². The lowest BCUT2D eigenvalue weighted by Gasteiger charge is -2.33. The fraction of sp³-hybridized carbons (Fsp3) is 0.667. The Bertz CT molecular complexity index is 510. The Morgan fingerprint density at radius 3 is 2.78 bits per heavy atom. The predicted molar refractivity (Wildman–Crippen MR) is 74.2 cm³/mol. The van der Waals surface area contributed by atoms with E-state index in [4.69, 9.17) is 5.73 Å². The minimum absolute atomic E-state index is 0.117. The molecule has 1 fully saturated rings. The molecule has 2 heterocycles. The molecular formula is C12H20N2O2S2. The van der Waals surface area contributed by atoms with Crippen LogP contribution in [0.2, 0.25) is 0 Å². The minimum atomic E-state index is -3.31. The highest BCUT2D eigenvalue weighted by atomic mass is 32.2. The number of aryl methyl sites for hydroxylation is 1. The van der Waals surface area contributed by atoms with Crippen molar-refractivity contribution in [1.82, 2.24) is 4.31 Å². The Kier molecular flexibility index (Phi) is 4.11. The van der Waals surface area contributed by atoms with Crippen LogP contribution in [0.3, 0.4) is 0 Å². The summed E-state index contributed by atoms with van der Waals surface area (Å²) in [6.45, 7) is 5.11. The van der Waals surface area contributed by atoms with E-state index in [1.165, 1.54) is 11.3 Å². The van der Waals surface area contributed by atoms with Crippen LogP contribution in [-0.4, -0.2) is 31.9 Å². The molecule has 18 heavy (non-hydrogen) atoms. The Morgan fingerprint density at radius 2 is 2.22 bits per heavy atom. The number of hydrogen-bond acceptors (Lipinski definition) is 4. The number of nitrogens with zero attached hydrogens (tertiary/aromatic N) is 1. The van der Waals surface area contributed by atoms with Gasteiger partial charge in [-0.2, -0.15) is 4.31 Å². The van der Waals surface area contributed by atoms with Gasteiger partial charge in [-0.25, -0.2) is 8.42 Å². The highest BCUT2D eigenvalue weighted by Crippen LogP contribution is 2.28. The summed E-state index contributed by atoms with van der Waals surface area (Å²) < 4.78 is 27.0. The second-order valence-electron chi connectivity index (χ2n) is 4.87. The molecule has 0 bridgehead atoms. The number of piperidine rings is 1. The molecule has 2 rings (SSSR count). The molecule has 2 atom stereocenters. The highest BCUT2D eigenvalue weighted by molar-refractivity contribution is 7.91. The van der Waals surface area contributed by atoms with Crippen LogP contribution < -0.4 is 5.73 Å². The van der Waals surface area contributed by atoms with Crippen molar-refractivity contribution in [2.45, 2.75) is 36.9 Å². The molecule has 0 spiro atoms. The molecule has 1 aliphatic heterocycles. The first kappa shape index (κ1) is 14.0. The van der Waals surface area contributed by atoms with Crippen molar-refractivity contribution in [2.75, 3.05) is 13.1 Å². The van der Waals surface area contributed by atoms with Gasteiger partial charge < -0.3 is 5.73 Å². The van der Waals surface area contributed by atoms with Crippen molar-refractivity contribution >= 4 is 21.4 Å². The van der Waals surface area contributed by atoms with E-state index in [0.29, 0.717) is 17.3 Å². The minimum Gasteiger partial charge on any atom is -0.327 e. The van der Waals surface area contributed by atoms with Crippen molar-refractivity contribution in [3.05, 3.63) is 17.0 Å². The molecule has 2 N–H and O–H groups in total. The summed E-state index contributed by atoms with van der Waals surface area (Å²) in [6.07, 6.45) is 1.62. The van der Waals surface area contributed by atoms with Gasteiger partial charge in [-0.3, -0.25) is 0 Å². The number of thiophene rings is 1. The monoisotopic (exact) mass is 288 g/mol. The summed E-state index contributed by atoms with van der Waals surface area (Å²) in [6, 6.07) is 3.74. The zero-order valence-electron chi connectivity index (χ0n) is 10.8. The van der Waals surface area contributed by atoms with E-state index in [1.807, 2.05) is 19.9 Å². The van der Waals surface area contributed by atoms with Gasteiger partial charge in [0.1, 0.15) is 4.21 Å². The van der Waals surface area contributed by atoms with E-state index in [2.05, 4.69) is 0 Å². The first-order chi connectivity index (χ1) is 8.45. The molecule has 0 radical (unpaired) electrons. The number of sulfonamides is 1. The smallest absolute Gasteiger partial charge is 0.252 e. The number of rotatable bonds is 3. The van der Waals surface area contributed by atoms with Gasteiger partial charge in [-0.1, -0.05) is 13.8 Å². The summed E-state index contributed by atoms with van der Waals surface area (Å²) in [7, 11) is -3.31. The third-order valence-electron chi connectivity index (χ3n) is 3.51. The Labute approximate surface area is 113 Å². The standard InChI is InChI=1S/C12H20N2O2S2/c1-3-10-4-5-12(17-10)18(15,16)14-7-6-11(13)9(2)8-14/h4-5,9,11H,3,6-8,13H2,1-2H3. The van der Waals surface area contributed by atoms with Gasteiger partial charge in [0.25, 0.3) is 10.0 Å².